The zero-order valence-corrected chi connectivity index (χ0v) is 17.7. The largest absolute Gasteiger partial charge is 0.416 e. The second-order valence-electron chi connectivity index (χ2n) is 7.04. The first-order valence-electron chi connectivity index (χ1n) is 9.69. The second kappa shape index (κ2) is 10.3. The fourth-order valence-electron chi connectivity index (χ4n) is 3.30. The number of nitrogens with zero attached hydrogens (tertiary/aromatic N) is 2. The quantitative estimate of drug-likeness (QED) is 0.641. The predicted octanol–water partition coefficient (Wildman–Crippen LogP) is 3.40. The summed E-state index contributed by atoms with van der Waals surface area (Å²) >= 11 is 1.35. The van der Waals surface area contributed by atoms with E-state index < -0.39 is 23.8 Å². The summed E-state index contributed by atoms with van der Waals surface area (Å²) in [6.07, 6.45) is -4.99. The molecule has 1 atom stereocenters. The molecule has 2 aromatic rings. The van der Waals surface area contributed by atoms with Gasteiger partial charge >= 0.3 is 6.18 Å². The lowest BCUT2D eigenvalue weighted by atomic mass is 10.1. The zero-order valence-electron chi connectivity index (χ0n) is 16.9. The zero-order chi connectivity index (χ0) is 22.4. The van der Waals surface area contributed by atoms with Crippen molar-refractivity contribution in [3.63, 3.8) is 0 Å². The smallest absolute Gasteiger partial charge is 0.383 e. The molecule has 168 valence electrons. The minimum Gasteiger partial charge on any atom is -0.383 e. The Hall–Kier alpha value is -2.43. The molecule has 1 aromatic carbocycles. The van der Waals surface area contributed by atoms with Crippen LogP contribution >= 0.6 is 11.3 Å². The second-order valence-corrected chi connectivity index (χ2v) is 7.99. The monoisotopic (exact) mass is 456 g/mol. The van der Waals surface area contributed by atoms with Crippen molar-refractivity contribution in [1.82, 2.24) is 9.80 Å². The minimum absolute atomic E-state index is 0.0618. The van der Waals surface area contributed by atoms with Crippen LogP contribution in [0.3, 0.4) is 0 Å². The number of alkyl halides is 3. The molecule has 1 unspecified atom stereocenters. The van der Waals surface area contributed by atoms with Crippen LogP contribution in [0.5, 0.6) is 0 Å². The molecule has 31 heavy (non-hydrogen) atoms. The highest BCUT2D eigenvalue weighted by molar-refractivity contribution is 7.12. The SMILES string of the molecule is COCCN(CC1CN(C(=O)c2cccs2)CCO1)C(=O)c1cccc(C(F)(F)F)c1. The third-order valence-electron chi connectivity index (χ3n) is 4.87. The lowest BCUT2D eigenvalue weighted by Crippen LogP contribution is -2.51. The lowest BCUT2D eigenvalue weighted by Gasteiger charge is -2.35. The van der Waals surface area contributed by atoms with Crippen LogP contribution in [0, 0.1) is 0 Å². The van der Waals surface area contributed by atoms with E-state index in [-0.39, 0.29) is 37.7 Å². The van der Waals surface area contributed by atoms with Crippen LogP contribution in [0.2, 0.25) is 0 Å². The number of rotatable bonds is 7. The molecular formula is C21H23F3N2O4S. The van der Waals surface area contributed by atoms with Crippen LogP contribution in [0.1, 0.15) is 25.6 Å². The van der Waals surface area contributed by atoms with Crippen molar-refractivity contribution >= 4 is 23.2 Å². The molecule has 0 aliphatic carbocycles. The van der Waals surface area contributed by atoms with E-state index in [1.165, 1.54) is 35.5 Å². The summed E-state index contributed by atoms with van der Waals surface area (Å²) < 4.78 is 49.9. The van der Waals surface area contributed by atoms with Gasteiger partial charge in [0, 0.05) is 38.9 Å². The van der Waals surface area contributed by atoms with Gasteiger partial charge in [-0.15, -0.1) is 11.3 Å². The molecule has 1 saturated heterocycles. The fourth-order valence-corrected chi connectivity index (χ4v) is 4.00. The Labute approximate surface area is 182 Å². The summed E-state index contributed by atoms with van der Waals surface area (Å²) in [6, 6.07) is 7.88. The number of ether oxygens (including phenoxy) is 2. The molecule has 6 nitrogen and oxygen atoms in total. The first-order valence-corrected chi connectivity index (χ1v) is 10.6. The number of halogens is 3. The Kier molecular flexibility index (Phi) is 7.69. The average molecular weight is 456 g/mol. The maximum absolute atomic E-state index is 13.0. The first kappa shape index (κ1) is 23.2. The molecule has 1 aliphatic rings. The van der Waals surface area contributed by atoms with Gasteiger partial charge in [-0.3, -0.25) is 9.59 Å². The minimum atomic E-state index is -4.54. The topological polar surface area (TPSA) is 59.1 Å². The molecule has 0 bridgehead atoms. The van der Waals surface area contributed by atoms with Crippen LogP contribution in [0.25, 0.3) is 0 Å². The average Bonchev–Trinajstić information content (AvgIpc) is 3.30. The molecule has 2 amide bonds. The summed E-state index contributed by atoms with van der Waals surface area (Å²) in [5.74, 6) is -0.649. The van der Waals surface area contributed by atoms with Crippen LogP contribution < -0.4 is 0 Å². The molecule has 0 N–H and O–H groups in total. The van der Waals surface area contributed by atoms with Crippen molar-refractivity contribution < 1.29 is 32.2 Å². The van der Waals surface area contributed by atoms with Gasteiger partial charge in [0.05, 0.1) is 29.8 Å². The number of carbonyl (C=O) groups excluding carboxylic acids is 2. The predicted molar refractivity (Wildman–Crippen MR) is 109 cm³/mol. The van der Waals surface area contributed by atoms with Gasteiger partial charge in [0.2, 0.25) is 0 Å². The van der Waals surface area contributed by atoms with Crippen molar-refractivity contribution in [1.29, 1.82) is 0 Å². The van der Waals surface area contributed by atoms with E-state index in [0.29, 0.717) is 18.0 Å². The summed E-state index contributed by atoms with van der Waals surface area (Å²) in [4.78, 5) is 29.3. The molecule has 3 rings (SSSR count). The van der Waals surface area contributed by atoms with E-state index in [4.69, 9.17) is 9.47 Å². The fraction of sp³-hybridized carbons (Fsp3) is 0.429. The third kappa shape index (κ3) is 6.05. The van der Waals surface area contributed by atoms with Crippen molar-refractivity contribution in [2.75, 3.05) is 46.5 Å². The van der Waals surface area contributed by atoms with Crippen molar-refractivity contribution in [2.45, 2.75) is 12.3 Å². The van der Waals surface area contributed by atoms with Gasteiger partial charge in [-0.25, -0.2) is 0 Å². The van der Waals surface area contributed by atoms with Gasteiger partial charge in [0.1, 0.15) is 0 Å². The standard InChI is InChI=1S/C21H23F3N2O4S/c1-29-9-7-25(19(27)15-4-2-5-16(12-15)21(22,23)24)13-17-14-26(8-10-30-17)20(28)18-6-3-11-31-18/h2-6,11-12,17H,7-10,13-14H2,1H3. The van der Waals surface area contributed by atoms with E-state index >= 15 is 0 Å². The Morgan fingerprint density at radius 1 is 1.29 bits per heavy atom. The summed E-state index contributed by atoms with van der Waals surface area (Å²) in [5.41, 5.74) is -0.945. The number of thiophene rings is 1. The Morgan fingerprint density at radius 2 is 2.10 bits per heavy atom. The number of amides is 2. The Morgan fingerprint density at radius 3 is 2.77 bits per heavy atom. The van der Waals surface area contributed by atoms with E-state index in [1.54, 1.807) is 17.0 Å². The van der Waals surface area contributed by atoms with Crippen LogP contribution in [0.15, 0.2) is 41.8 Å². The van der Waals surface area contributed by atoms with Gasteiger partial charge in [-0.2, -0.15) is 13.2 Å². The summed E-state index contributed by atoms with van der Waals surface area (Å²) in [7, 11) is 1.48. The van der Waals surface area contributed by atoms with Crippen molar-refractivity contribution in [3.8, 4) is 0 Å². The highest BCUT2D eigenvalue weighted by Gasteiger charge is 2.32. The molecule has 0 spiro atoms. The maximum atomic E-state index is 13.0. The molecule has 1 fully saturated rings. The van der Waals surface area contributed by atoms with Gasteiger partial charge < -0.3 is 19.3 Å². The summed E-state index contributed by atoms with van der Waals surface area (Å²) in [6.45, 7) is 1.58. The number of morpholine rings is 1. The number of benzene rings is 1. The van der Waals surface area contributed by atoms with Gasteiger partial charge in [-0.1, -0.05) is 12.1 Å². The van der Waals surface area contributed by atoms with E-state index in [1.807, 2.05) is 5.38 Å². The van der Waals surface area contributed by atoms with Gasteiger partial charge in [-0.05, 0) is 29.6 Å². The molecule has 0 radical (unpaired) electrons. The van der Waals surface area contributed by atoms with Crippen LogP contribution in [0.4, 0.5) is 13.2 Å². The first-order chi connectivity index (χ1) is 14.8. The highest BCUT2D eigenvalue weighted by atomic mass is 32.1. The molecule has 1 aliphatic heterocycles. The van der Waals surface area contributed by atoms with Crippen LogP contribution in [-0.4, -0.2) is 74.2 Å². The maximum Gasteiger partial charge on any atom is 0.416 e. The number of hydrogen-bond acceptors (Lipinski definition) is 5. The van der Waals surface area contributed by atoms with E-state index in [0.717, 1.165) is 12.1 Å². The molecule has 10 heteroatoms. The highest BCUT2D eigenvalue weighted by Crippen LogP contribution is 2.29. The van der Waals surface area contributed by atoms with Crippen molar-refractivity contribution in [3.05, 3.63) is 57.8 Å². The van der Waals surface area contributed by atoms with Gasteiger partial charge in [0.15, 0.2) is 0 Å². The molecular weight excluding hydrogens is 433 g/mol. The normalized spacial score (nSPS) is 16.9. The van der Waals surface area contributed by atoms with E-state index in [9.17, 15) is 22.8 Å². The summed E-state index contributed by atoms with van der Waals surface area (Å²) in [5, 5.41) is 1.82. The molecule has 0 saturated carbocycles. The third-order valence-corrected chi connectivity index (χ3v) is 5.73. The Balaban J connectivity index is 1.72. The Bertz CT molecular complexity index is 889. The number of carbonyl (C=O) groups is 2. The van der Waals surface area contributed by atoms with Gasteiger partial charge in [0.25, 0.3) is 11.8 Å². The number of methoxy groups -OCH3 is 1. The molecule has 2 heterocycles. The number of hydrogen-bond donors (Lipinski definition) is 0. The van der Waals surface area contributed by atoms with E-state index in [2.05, 4.69) is 0 Å². The van der Waals surface area contributed by atoms with Crippen LogP contribution in [-0.2, 0) is 15.7 Å². The molecule has 1 aromatic heterocycles. The van der Waals surface area contributed by atoms with Crippen molar-refractivity contribution in [2.24, 2.45) is 0 Å². The lowest BCUT2D eigenvalue weighted by molar-refractivity contribution is -0.137.